The zero-order valence-electron chi connectivity index (χ0n) is 15.9. The smallest absolute Gasteiger partial charge is 0.310 e. The molecular formula is C19H30N4O2. The average molecular weight is 346 g/mol. The lowest BCUT2D eigenvalue weighted by Crippen LogP contribution is -2.46. The first-order chi connectivity index (χ1) is 12.0. The summed E-state index contributed by atoms with van der Waals surface area (Å²) in [6.45, 7) is 6.49. The normalized spacial score (nSPS) is 21.8. The lowest BCUT2D eigenvalue weighted by atomic mass is 9.99. The minimum atomic E-state index is -0.136. The number of carbonyl (C=O) groups is 1. The van der Waals surface area contributed by atoms with Crippen molar-refractivity contribution < 1.29 is 9.53 Å². The van der Waals surface area contributed by atoms with Crippen LogP contribution in [-0.4, -0.2) is 63.7 Å². The summed E-state index contributed by atoms with van der Waals surface area (Å²) in [5, 5.41) is 3.44. The number of likely N-dealkylation sites (tertiary alicyclic amines) is 1. The summed E-state index contributed by atoms with van der Waals surface area (Å²) in [5.41, 5.74) is 1.19. The number of ether oxygens (including phenoxy) is 1. The van der Waals surface area contributed by atoms with Crippen LogP contribution in [0.4, 0.5) is 5.69 Å². The maximum Gasteiger partial charge on any atom is 0.310 e. The molecule has 1 aromatic carbocycles. The third kappa shape index (κ3) is 4.65. The first-order valence-electron chi connectivity index (χ1n) is 8.79. The number of nitrogens with zero attached hydrogens (tertiary/aromatic N) is 3. The van der Waals surface area contributed by atoms with Gasteiger partial charge in [0, 0.05) is 45.5 Å². The minimum Gasteiger partial charge on any atom is -0.469 e. The van der Waals surface area contributed by atoms with Crippen LogP contribution in [0.15, 0.2) is 35.3 Å². The molecule has 3 unspecified atom stereocenters. The molecule has 0 bridgehead atoms. The Hall–Kier alpha value is -2.24. The molecule has 6 heteroatoms. The van der Waals surface area contributed by atoms with Crippen molar-refractivity contribution in [1.29, 1.82) is 0 Å². The zero-order valence-corrected chi connectivity index (χ0v) is 15.9. The third-order valence-electron chi connectivity index (χ3n) is 5.01. The van der Waals surface area contributed by atoms with Gasteiger partial charge in [-0.3, -0.25) is 9.79 Å². The first-order valence-corrected chi connectivity index (χ1v) is 8.79. The van der Waals surface area contributed by atoms with Gasteiger partial charge in [-0.25, -0.2) is 0 Å². The molecule has 3 atom stereocenters. The SMILES string of the molecule is CN=C(NCC(C)N(C)c1ccccc1)N1CC(C)C(C(=O)OC)C1. The Bertz CT molecular complexity index is 590. The van der Waals surface area contributed by atoms with E-state index in [-0.39, 0.29) is 17.8 Å². The van der Waals surface area contributed by atoms with Gasteiger partial charge in [-0.1, -0.05) is 25.1 Å². The van der Waals surface area contributed by atoms with Gasteiger partial charge in [-0.15, -0.1) is 0 Å². The number of nitrogens with one attached hydrogen (secondary N) is 1. The molecule has 138 valence electrons. The Kier molecular flexibility index (Phi) is 6.67. The van der Waals surface area contributed by atoms with Gasteiger partial charge < -0.3 is 19.9 Å². The number of hydrogen-bond donors (Lipinski definition) is 1. The van der Waals surface area contributed by atoms with Crippen LogP contribution in [0, 0.1) is 11.8 Å². The molecule has 1 aliphatic heterocycles. The number of methoxy groups -OCH3 is 1. The Labute approximate surface area is 150 Å². The molecule has 0 amide bonds. The number of para-hydroxylation sites is 1. The molecule has 0 aliphatic carbocycles. The summed E-state index contributed by atoms with van der Waals surface area (Å²) >= 11 is 0. The van der Waals surface area contributed by atoms with Crippen molar-refractivity contribution in [2.75, 3.05) is 45.7 Å². The number of carbonyl (C=O) groups excluding carboxylic acids is 1. The molecule has 0 aromatic heterocycles. The summed E-state index contributed by atoms with van der Waals surface area (Å²) in [5.74, 6) is 0.873. The zero-order chi connectivity index (χ0) is 18.4. The molecule has 1 aliphatic rings. The quantitative estimate of drug-likeness (QED) is 0.501. The molecule has 0 spiro atoms. The molecule has 1 fully saturated rings. The predicted molar refractivity (Wildman–Crippen MR) is 102 cm³/mol. The van der Waals surface area contributed by atoms with E-state index in [0.29, 0.717) is 12.6 Å². The van der Waals surface area contributed by atoms with Crippen LogP contribution in [0.25, 0.3) is 0 Å². The predicted octanol–water partition coefficient (Wildman–Crippen LogP) is 1.83. The van der Waals surface area contributed by atoms with E-state index in [9.17, 15) is 4.79 Å². The maximum atomic E-state index is 11.9. The van der Waals surface area contributed by atoms with Gasteiger partial charge in [0.05, 0.1) is 13.0 Å². The van der Waals surface area contributed by atoms with E-state index in [4.69, 9.17) is 4.74 Å². The highest BCUT2D eigenvalue weighted by Crippen LogP contribution is 2.24. The summed E-state index contributed by atoms with van der Waals surface area (Å²) < 4.78 is 4.91. The number of likely N-dealkylation sites (N-methyl/N-ethyl adjacent to an activating group) is 1. The highest BCUT2D eigenvalue weighted by Gasteiger charge is 2.36. The standard InChI is InChI=1S/C19H30N4O2/c1-14-12-23(13-17(14)18(24)25-5)19(20-3)21-11-15(2)22(4)16-9-7-6-8-10-16/h6-10,14-15,17H,11-13H2,1-5H3,(H,20,21). The molecule has 1 heterocycles. The van der Waals surface area contributed by atoms with Gasteiger partial charge in [0.2, 0.25) is 0 Å². The fraction of sp³-hybridized carbons (Fsp3) is 0.579. The second-order valence-electron chi connectivity index (χ2n) is 6.74. The Balaban J connectivity index is 1.91. The molecule has 0 radical (unpaired) electrons. The van der Waals surface area contributed by atoms with Crippen molar-refractivity contribution in [2.24, 2.45) is 16.8 Å². The number of anilines is 1. The summed E-state index contributed by atoms with van der Waals surface area (Å²) in [6, 6.07) is 10.6. The molecule has 1 saturated heterocycles. The first kappa shape index (κ1) is 19.1. The van der Waals surface area contributed by atoms with Crippen molar-refractivity contribution >= 4 is 17.6 Å². The van der Waals surface area contributed by atoms with Gasteiger partial charge in [0.1, 0.15) is 0 Å². The number of guanidine groups is 1. The van der Waals surface area contributed by atoms with Crippen molar-refractivity contribution in [2.45, 2.75) is 19.9 Å². The van der Waals surface area contributed by atoms with Crippen molar-refractivity contribution in [1.82, 2.24) is 10.2 Å². The van der Waals surface area contributed by atoms with E-state index in [0.717, 1.165) is 19.0 Å². The van der Waals surface area contributed by atoms with Crippen LogP contribution in [0.5, 0.6) is 0 Å². The summed E-state index contributed by atoms with van der Waals surface area (Å²) in [4.78, 5) is 20.6. The highest BCUT2D eigenvalue weighted by atomic mass is 16.5. The van der Waals surface area contributed by atoms with E-state index in [1.165, 1.54) is 12.8 Å². The maximum absolute atomic E-state index is 11.9. The number of rotatable bonds is 5. The van der Waals surface area contributed by atoms with Crippen molar-refractivity contribution in [3.63, 3.8) is 0 Å². The van der Waals surface area contributed by atoms with Gasteiger partial charge in [-0.05, 0) is 25.0 Å². The lowest BCUT2D eigenvalue weighted by molar-refractivity contribution is -0.145. The van der Waals surface area contributed by atoms with Crippen molar-refractivity contribution in [3.8, 4) is 0 Å². The number of aliphatic imine (C=N–C) groups is 1. The lowest BCUT2D eigenvalue weighted by Gasteiger charge is -2.29. The third-order valence-corrected chi connectivity index (χ3v) is 5.01. The van der Waals surface area contributed by atoms with Gasteiger partial charge in [0.25, 0.3) is 0 Å². The molecule has 0 saturated carbocycles. The van der Waals surface area contributed by atoms with Gasteiger partial charge in [0.15, 0.2) is 5.96 Å². The molecule has 1 aromatic rings. The number of benzene rings is 1. The molecule has 2 rings (SSSR count). The molecular weight excluding hydrogens is 316 g/mol. The average Bonchev–Trinajstić information content (AvgIpc) is 3.03. The fourth-order valence-corrected chi connectivity index (χ4v) is 3.22. The van der Waals surface area contributed by atoms with E-state index in [2.05, 4.69) is 53.1 Å². The van der Waals surface area contributed by atoms with E-state index in [1.54, 1.807) is 7.05 Å². The van der Waals surface area contributed by atoms with Crippen LogP contribution in [-0.2, 0) is 9.53 Å². The highest BCUT2D eigenvalue weighted by molar-refractivity contribution is 5.82. The molecule has 25 heavy (non-hydrogen) atoms. The van der Waals surface area contributed by atoms with Crippen LogP contribution in [0.2, 0.25) is 0 Å². The topological polar surface area (TPSA) is 57.2 Å². The summed E-state index contributed by atoms with van der Waals surface area (Å²) in [7, 11) is 5.32. The van der Waals surface area contributed by atoms with Crippen LogP contribution in [0.3, 0.4) is 0 Å². The monoisotopic (exact) mass is 346 g/mol. The fourth-order valence-electron chi connectivity index (χ4n) is 3.22. The van der Waals surface area contributed by atoms with Crippen LogP contribution in [0.1, 0.15) is 13.8 Å². The summed E-state index contributed by atoms with van der Waals surface area (Å²) in [6.07, 6.45) is 0. The van der Waals surface area contributed by atoms with Gasteiger partial charge >= 0.3 is 5.97 Å². The Morgan fingerprint density at radius 1 is 1.40 bits per heavy atom. The number of hydrogen-bond acceptors (Lipinski definition) is 4. The van der Waals surface area contributed by atoms with Gasteiger partial charge in [-0.2, -0.15) is 0 Å². The minimum absolute atomic E-state index is 0.0898. The largest absolute Gasteiger partial charge is 0.469 e. The second-order valence-corrected chi connectivity index (χ2v) is 6.74. The Morgan fingerprint density at radius 2 is 2.08 bits per heavy atom. The van der Waals surface area contributed by atoms with E-state index < -0.39 is 0 Å². The van der Waals surface area contributed by atoms with E-state index in [1.807, 2.05) is 18.2 Å². The van der Waals surface area contributed by atoms with Crippen LogP contribution >= 0.6 is 0 Å². The molecule has 6 nitrogen and oxygen atoms in total. The van der Waals surface area contributed by atoms with E-state index >= 15 is 0 Å². The second kappa shape index (κ2) is 8.74. The molecule has 1 N–H and O–H groups in total. The Morgan fingerprint density at radius 3 is 2.68 bits per heavy atom. The van der Waals surface area contributed by atoms with Crippen LogP contribution < -0.4 is 10.2 Å². The van der Waals surface area contributed by atoms with Crippen molar-refractivity contribution in [3.05, 3.63) is 30.3 Å². The number of esters is 1.